The van der Waals surface area contributed by atoms with Crippen molar-refractivity contribution in [3.05, 3.63) is 47.5 Å². The van der Waals surface area contributed by atoms with Gasteiger partial charge in [-0.1, -0.05) is 17.7 Å². The van der Waals surface area contributed by atoms with Crippen LogP contribution in [0.5, 0.6) is 11.5 Å². The second kappa shape index (κ2) is 7.58. The minimum absolute atomic E-state index is 0.0632. The Morgan fingerprint density at radius 3 is 2.30 bits per heavy atom. The first-order valence-electron chi connectivity index (χ1n) is 8.69. The second-order valence-electron chi connectivity index (χ2n) is 6.64. The van der Waals surface area contributed by atoms with Gasteiger partial charge in [0.1, 0.15) is 10.6 Å². The molecule has 0 aromatic heterocycles. The van der Waals surface area contributed by atoms with E-state index in [-0.39, 0.29) is 16.2 Å². The summed E-state index contributed by atoms with van der Waals surface area (Å²) in [5.41, 5.74) is 1.32. The quantitative estimate of drug-likeness (QED) is 0.812. The molecule has 27 heavy (non-hydrogen) atoms. The number of aromatic carboxylic acids is 1. The molecule has 1 aliphatic heterocycles. The summed E-state index contributed by atoms with van der Waals surface area (Å²) in [6.45, 7) is 3.31. The number of hydrogen-bond acceptors (Lipinski definition) is 5. The van der Waals surface area contributed by atoms with Gasteiger partial charge >= 0.3 is 5.97 Å². The van der Waals surface area contributed by atoms with Gasteiger partial charge in [0.15, 0.2) is 5.75 Å². The molecule has 0 amide bonds. The van der Waals surface area contributed by atoms with Crippen molar-refractivity contribution in [3.8, 4) is 11.5 Å². The highest BCUT2D eigenvalue weighted by molar-refractivity contribution is 7.89. The van der Waals surface area contributed by atoms with Crippen LogP contribution >= 0.6 is 0 Å². The number of carboxylic acids is 1. The number of hydrogen-bond donors (Lipinski definition) is 2. The molecule has 0 unspecified atom stereocenters. The van der Waals surface area contributed by atoms with E-state index < -0.39 is 16.0 Å². The minimum atomic E-state index is -4.19. The molecule has 0 atom stereocenters. The summed E-state index contributed by atoms with van der Waals surface area (Å²) in [5, 5.41) is 14.8. The van der Waals surface area contributed by atoms with E-state index in [9.17, 15) is 18.3 Å². The number of aryl methyl sites for hydroxylation is 1. The lowest BCUT2D eigenvalue weighted by Gasteiger charge is -2.31. The molecule has 0 aliphatic carbocycles. The number of piperidine rings is 1. The van der Waals surface area contributed by atoms with Crippen LogP contribution in [0.25, 0.3) is 0 Å². The van der Waals surface area contributed by atoms with Gasteiger partial charge in [-0.25, -0.2) is 18.4 Å². The Kier molecular flexibility index (Phi) is 5.38. The largest absolute Gasteiger partial charge is 0.478 e. The molecule has 2 aromatic carbocycles. The van der Waals surface area contributed by atoms with Crippen LogP contribution in [0.1, 0.15) is 35.2 Å². The lowest BCUT2D eigenvalue weighted by Crippen LogP contribution is -2.30. The van der Waals surface area contributed by atoms with Crippen LogP contribution in [-0.4, -0.2) is 32.6 Å². The lowest BCUT2D eigenvalue weighted by atomic mass is 10.1. The van der Waals surface area contributed by atoms with Gasteiger partial charge in [0.05, 0.1) is 11.3 Å². The predicted molar refractivity (Wildman–Crippen MR) is 102 cm³/mol. The van der Waals surface area contributed by atoms with Crippen molar-refractivity contribution in [2.24, 2.45) is 5.14 Å². The predicted octanol–water partition coefficient (Wildman–Crippen LogP) is 3.12. The van der Waals surface area contributed by atoms with E-state index in [1.807, 2.05) is 24.0 Å². The van der Waals surface area contributed by atoms with Gasteiger partial charge in [0, 0.05) is 13.1 Å². The highest BCUT2D eigenvalue weighted by atomic mass is 32.2. The molecule has 8 heteroatoms. The van der Waals surface area contributed by atoms with E-state index in [4.69, 9.17) is 9.88 Å². The third-order valence-corrected chi connectivity index (χ3v) is 5.44. The fourth-order valence-corrected chi connectivity index (χ4v) is 3.81. The number of nitrogens with zero attached hydrogens (tertiary/aromatic N) is 1. The zero-order valence-corrected chi connectivity index (χ0v) is 15.8. The smallest absolute Gasteiger partial charge is 0.335 e. The molecule has 7 nitrogen and oxygen atoms in total. The van der Waals surface area contributed by atoms with Crippen molar-refractivity contribution in [2.45, 2.75) is 31.1 Å². The van der Waals surface area contributed by atoms with Crippen LogP contribution in [0, 0.1) is 6.92 Å². The monoisotopic (exact) mass is 390 g/mol. The third kappa shape index (κ3) is 4.40. The van der Waals surface area contributed by atoms with E-state index in [0.717, 1.165) is 30.9 Å². The molecular formula is C19H22N2O5S. The van der Waals surface area contributed by atoms with Gasteiger partial charge in [-0.2, -0.15) is 0 Å². The normalized spacial score (nSPS) is 14.8. The molecule has 0 saturated carbocycles. The van der Waals surface area contributed by atoms with Crippen molar-refractivity contribution < 1.29 is 23.1 Å². The number of rotatable bonds is 5. The molecule has 3 rings (SSSR count). The van der Waals surface area contributed by atoms with Crippen LogP contribution in [0.4, 0.5) is 5.69 Å². The number of carboxylic acid groups (broad SMARTS) is 1. The number of nitrogens with two attached hydrogens (primary N) is 1. The Bertz CT molecular complexity index is 949. The Labute approximate surface area is 158 Å². The molecule has 144 valence electrons. The molecule has 1 saturated heterocycles. The van der Waals surface area contributed by atoms with Crippen molar-refractivity contribution in [1.29, 1.82) is 0 Å². The number of benzene rings is 2. The van der Waals surface area contributed by atoms with Crippen molar-refractivity contribution in [1.82, 2.24) is 0 Å². The Hall–Kier alpha value is -2.58. The summed E-state index contributed by atoms with van der Waals surface area (Å²) in [4.78, 5) is 13.1. The van der Waals surface area contributed by atoms with E-state index in [1.165, 1.54) is 6.07 Å². The first-order valence-corrected chi connectivity index (χ1v) is 10.2. The number of anilines is 1. The van der Waals surface area contributed by atoms with Gasteiger partial charge in [-0.3, -0.25) is 0 Å². The summed E-state index contributed by atoms with van der Waals surface area (Å²) >= 11 is 0. The summed E-state index contributed by atoms with van der Waals surface area (Å²) in [6, 6.07) is 9.65. The highest BCUT2D eigenvalue weighted by Gasteiger charge is 2.26. The van der Waals surface area contributed by atoms with Crippen LogP contribution in [-0.2, 0) is 10.0 Å². The first-order chi connectivity index (χ1) is 12.8. The summed E-state index contributed by atoms with van der Waals surface area (Å²) in [5.74, 6) is -0.708. The van der Waals surface area contributed by atoms with E-state index in [1.54, 1.807) is 12.1 Å². The molecular weight excluding hydrogens is 368 g/mol. The minimum Gasteiger partial charge on any atom is -0.478 e. The summed E-state index contributed by atoms with van der Waals surface area (Å²) in [7, 11) is -4.19. The molecule has 1 fully saturated rings. The van der Waals surface area contributed by atoms with Crippen molar-refractivity contribution in [3.63, 3.8) is 0 Å². The Balaban J connectivity index is 2.19. The first kappa shape index (κ1) is 19.2. The van der Waals surface area contributed by atoms with Gasteiger partial charge in [0.2, 0.25) is 10.0 Å². The average molecular weight is 390 g/mol. The fraction of sp³-hybridized carbons (Fsp3) is 0.316. The molecule has 3 N–H and O–H groups in total. The van der Waals surface area contributed by atoms with Crippen LogP contribution < -0.4 is 14.8 Å². The third-order valence-electron chi connectivity index (χ3n) is 4.53. The summed E-state index contributed by atoms with van der Waals surface area (Å²) < 4.78 is 30.3. The standard InChI is InChI=1S/C19H22N2O5S/c1-13-5-7-15(8-6-13)26-18-16(21-9-3-2-4-10-21)11-14(19(22)23)12-17(18)27(20,24)25/h5-8,11-12H,2-4,9-10H2,1H3,(H,22,23)(H2,20,24,25). The molecule has 2 aromatic rings. The maximum absolute atomic E-state index is 12.2. The zero-order chi connectivity index (χ0) is 19.6. The zero-order valence-electron chi connectivity index (χ0n) is 15.0. The summed E-state index contributed by atoms with van der Waals surface area (Å²) in [6.07, 6.45) is 2.95. The molecule has 1 aliphatic rings. The van der Waals surface area contributed by atoms with E-state index in [0.29, 0.717) is 24.5 Å². The maximum Gasteiger partial charge on any atom is 0.335 e. The number of sulfonamides is 1. The Morgan fingerprint density at radius 1 is 1.11 bits per heavy atom. The molecule has 1 heterocycles. The van der Waals surface area contributed by atoms with Crippen LogP contribution in [0.15, 0.2) is 41.3 Å². The number of ether oxygens (including phenoxy) is 1. The topological polar surface area (TPSA) is 110 Å². The Morgan fingerprint density at radius 2 is 1.74 bits per heavy atom. The lowest BCUT2D eigenvalue weighted by molar-refractivity contribution is 0.0696. The van der Waals surface area contributed by atoms with Crippen LogP contribution in [0.2, 0.25) is 0 Å². The van der Waals surface area contributed by atoms with Crippen LogP contribution in [0.3, 0.4) is 0 Å². The van der Waals surface area contributed by atoms with Gasteiger partial charge in [0.25, 0.3) is 0 Å². The molecule has 0 spiro atoms. The fourth-order valence-electron chi connectivity index (χ4n) is 3.12. The maximum atomic E-state index is 12.2. The molecule has 0 bridgehead atoms. The average Bonchev–Trinajstić information content (AvgIpc) is 2.63. The van der Waals surface area contributed by atoms with Gasteiger partial charge < -0.3 is 14.7 Å². The SMILES string of the molecule is Cc1ccc(Oc2c(N3CCCCC3)cc(C(=O)O)cc2S(N)(=O)=O)cc1. The van der Waals surface area contributed by atoms with Gasteiger partial charge in [-0.05, 0) is 50.5 Å². The number of primary sulfonamides is 1. The van der Waals surface area contributed by atoms with E-state index in [2.05, 4.69) is 0 Å². The van der Waals surface area contributed by atoms with E-state index >= 15 is 0 Å². The second-order valence-corrected chi connectivity index (χ2v) is 8.17. The highest BCUT2D eigenvalue weighted by Crippen LogP contribution is 2.40. The van der Waals surface area contributed by atoms with Gasteiger partial charge in [-0.15, -0.1) is 0 Å². The number of carbonyl (C=O) groups is 1. The van der Waals surface area contributed by atoms with Crippen molar-refractivity contribution in [2.75, 3.05) is 18.0 Å². The molecule has 0 radical (unpaired) electrons. The van der Waals surface area contributed by atoms with Crippen molar-refractivity contribution >= 4 is 21.7 Å².